The van der Waals surface area contributed by atoms with Gasteiger partial charge in [-0.3, -0.25) is 9.69 Å². The van der Waals surface area contributed by atoms with Crippen LogP contribution >= 0.6 is 0 Å². The van der Waals surface area contributed by atoms with Gasteiger partial charge in [-0.1, -0.05) is 6.42 Å². The fraction of sp³-hybridized carbons (Fsp3) is 0.923. The number of hydrogen-bond donors (Lipinski definition) is 2. The smallest absolute Gasteiger partial charge is 0.237 e. The van der Waals surface area contributed by atoms with Crippen molar-refractivity contribution in [2.75, 3.05) is 26.7 Å². The number of nitrogens with one attached hydrogen (secondary N) is 2. The third kappa shape index (κ3) is 3.68. The van der Waals surface area contributed by atoms with Gasteiger partial charge in [-0.2, -0.15) is 0 Å². The molecule has 4 nitrogen and oxygen atoms in total. The number of nitrogens with zero attached hydrogens (tertiary/aromatic N) is 1. The van der Waals surface area contributed by atoms with Crippen molar-refractivity contribution in [2.24, 2.45) is 0 Å². The van der Waals surface area contributed by atoms with Gasteiger partial charge in [0.15, 0.2) is 0 Å². The maximum absolute atomic E-state index is 11.9. The zero-order valence-corrected chi connectivity index (χ0v) is 10.9. The molecule has 0 radical (unpaired) electrons. The van der Waals surface area contributed by atoms with Crippen molar-refractivity contribution >= 4 is 5.91 Å². The molecule has 1 amide bonds. The van der Waals surface area contributed by atoms with Crippen molar-refractivity contribution in [1.29, 1.82) is 0 Å². The summed E-state index contributed by atoms with van der Waals surface area (Å²) in [6.07, 6.45) is 7.16. The van der Waals surface area contributed by atoms with Crippen LogP contribution in [0.4, 0.5) is 0 Å². The first kappa shape index (κ1) is 12.8. The van der Waals surface area contributed by atoms with Gasteiger partial charge in [-0.15, -0.1) is 0 Å². The van der Waals surface area contributed by atoms with Crippen molar-refractivity contribution in [3.05, 3.63) is 0 Å². The van der Waals surface area contributed by atoms with Crippen molar-refractivity contribution in [1.82, 2.24) is 15.5 Å². The van der Waals surface area contributed by atoms with Crippen LogP contribution < -0.4 is 10.6 Å². The number of hydrogen-bond acceptors (Lipinski definition) is 3. The largest absolute Gasteiger partial charge is 0.355 e. The van der Waals surface area contributed by atoms with Crippen LogP contribution in [0, 0.1) is 0 Å². The molecular formula is C13H25N3O. The normalized spacial score (nSPS) is 31.1. The summed E-state index contributed by atoms with van der Waals surface area (Å²) in [6, 6.07) is 0.658. The average molecular weight is 239 g/mol. The van der Waals surface area contributed by atoms with Crippen LogP contribution in [-0.4, -0.2) is 49.6 Å². The van der Waals surface area contributed by atoms with Gasteiger partial charge in [-0.25, -0.2) is 0 Å². The predicted octanol–water partition coefficient (Wildman–Crippen LogP) is 0.729. The number of amides is 1. The Labute approximate surface area is 104 Å². The first-order valence-electron chi connectivity index (χ1n) is 6.98. The van der Waals surface area contributed by atoms with Crippen molar-refractivity contribution in [3.8, 4) is 0 Å². The van der Waals surface area contributed by atoms with E-state index in [9.17, 15) is 4.79 Å². The van der Waals surface area contributed by atoms with E-state index in [1.807, 2.05) is 0 Å². The molecule has 2 atom stereocenters. The highest BCUT2D eigenvalue weighted by Crippen LogP contribution is 2.14. The van der Waals surface area contributed by atoms with E-state index in [4.69, 9.17) is 0 Å². The van der Waals surface area contributed by atoms with Gasteiger partial charge in [0.05, 0.1) is 6.04 Å². The van der Waals surface area contributed by atoms with E-state index in [2.05, 4.69) is 22.6 Å². The molecule has 0 aromatic rings. The van der Waals surface area contributed by atoms with Gasteiger partial charge in [0, 0.05) is 19.1 Å². The Bertz CT molecular complexity index is 251. The minimum Gasteiger partial charge on any atom is -0.355 e. The quantitative estimate of drug-likeness (QED) is 0.763. The lowest BCUT2D eigenvalue weighted by Gasteiger charge is -2.32. The van der Waals surface area contributed by atoms with Gasteiger partial charge in [0.2, 0.25) is 5.91 Å². The molecule has 2 aliphatic rings. The van der Waals surface area contributed by atoms with E-state index in [-0.39, 0.29) is 11.9 Å². The van der Waals surface area contributed by atoms with E-state index in [1.54, 1.807) is 0 Å². The second-order valence-electron chi connectivity index (χ2n) is 5.39. The number of likely N-dealkylation sites (N-methyl/N-ethyl adjacent to an activating group) is 1. The van der Waals surface area contributed by atoms with E-state index in [1.165, 1.54) is 19.3 Å². The van der Waals surface area contributed by atoms with Crippen molar-refractivity contribution in [2.45, 2.75) is 50.6 Å². The Hall–Kier alpha value is -0.610. The number of rotatable bonds is 3. The van der Waals surface area contributed by atoms with Crippen LogP contribution in [0.3, 0.4) is 0 Å². The predicted molar refractivity (Wildman–Crippen MR) is 68.9 cm³/mol. The average Bonchev–Trinajstić information content (AvgIpc) is 2.55. The van der Waals surface area contributed by atoms with Crippen LogP contribution in [0.5, 0.6) is 0 Å². The summed E-state index contributed by atoms with van der Waals surface area (Å²) in [5.74, 6) is 0.223. The molecule has 2 heterocycles. The highest BCUT2D eigenvalue weighted by atomic mass is 16.2. The van der Waals surface area contributed by atoms with Gasteiger partial charge >= 0.3 is 0 Å². The molecule has 2 N–H and O–H groups in total. The van der Waals surface area contributed by atoms with Crippen LogP contribution in [-0.2, 0) is 4.79 Å². The highest BCUT2D eigenvalue weighted by Gasteiger charge is 2.26. The Morgan fingerprint density at radius 3 is 2.71 bits per heavy atom. The molecule has 4 heteroatoms. The molecule has 0 aromatic heterocycles. The van der Waals surface area contributed by atoms with E-state index >= 15 is 0 Å². The maximum Gasteiger partial charge on any atom is 0.237 e. The summed E-state index contributed by atoms with van der Waals surface area (Å²) in [4.78, 5) is 14.2. The molecule has 2 rings (SSSR count). The zero-order valence-electron chi connectivity index (χ0n) is 10.9. The molecule has 0 bridgehead atoms. The van der Waals surface area contributed by atoms with Gasteiger partial charge < -0.3 is 10.6 Å². The monoisotopic (exact) mass is 239 g/mol. The molecule has 0 aromatic carbocycles. The molecular weight excluding hydrogens is 214 g/mol. The summed E-state index contributed by atoms with van der Waals surface area (Å²) < 4.78 is 0. The SMILES string of the molecule is CN(CC1CCCCN1)C1CCCCNC1=O. The fourth-order valence-corrected chi connectivity index (χ4v) is 2.90. The molecule has 2 saturated heterocycles. The molecule has 2 unspecified atom stereocenters. The molecule has 98 valence electrons. The number of piperidine rings is 1. The summed E-state index contributed by atoms with van der Waals surface area (Å²) in [6.45, 7) is 2.98. The van der Waals surface area contributed by atoms with Crippen LogP contribution in [0.2, 0.25) is 0 Å². The lowest BCUT2D eigenvalue weighted by Crippen LogP contribution is -2.50. The van der Waals surface area contributed by atoms with Gasteiger partial charge in [0.25, 0.3) is 0 Å². The van der Waals surface area contributed by atoms with E-state index < -0.39 is 0 Å². The number of carbonyl (C=O) groups is 1. The minimum atomic E-state index is 0.0845. The van der Waals surface area contributed by atoms with Crippen molar-refractivity contribution in [3.63, 3.8) is 0 Å². The third-order valence-corrected chi connectivity index (χ3v) is 3.96. The third-order valence-electron chi connectivity index (χ3n) is 3.96. The molecule has 0 aliphatic carbocycles. The maximum atomic E-state index is 11.9. The van der Waals surface area contributed by atoms with Crippen LogP contribution in [0.25, 0.3) is 0 Å². The molecule has 0 saturated carbocycles. The highest BCUT2D eigenvalue weighted by molar-refractivity contribution is 5.81. The Kier molecular flexibility index (Phi) is 4.80. The summed E-state index contributed by atoms with van der Waals surface area (Å²) in [7, 11) is 2.09. The van der Waals surface area contributed by atoms with E-state index in [0.29, 0.717) is 6.04 Å². The second-order valence-corrected chi connectivity index (χ2v) is 5.39. The topological polar surface area (TPSA) is 44.4 Å². The summed E-state index contributed by atoms with van der Waals surface area (Å²) in [5, 5.41) is 6.56. The Morgan fingerprint density at radius 1 is 1.18 bits per heavy atom. The van der Waals surface area contributed by atoms with Gasteiger partial charge in [0.1, 0.15) is 0 Å². The Balaban J connectivity index is 1.84. The summed E-state index contributed by atoms with van der Waals surface area (Å²) >= 11 is 0. The van der Waals surface area contributed by atoms with Crippen LogP contribution in [0.15, 0.2) is 0 Å². The number of carbonyl (C=O) groups excluding carboxylic acids is 1. The lowest BCUT2D eigenvalue weighted by atomic mass is 10.0. The fourth-order valence-electron chi connectivity index (χ4n) is 2.90. The first-order valence-corrected chi connectivity index (χ1v) is 6.98. The minimum absolute atomic E-state index is 0.0845. The van der Waals surface area contributed by atoms with Crippen molar-refractivity contribution < 1.29 is 4.79 Å². The van der Waals surface area contributed by atoms with Gasteiger partial charge in [-0.05, 0) is 45.7 Å². The molecule has 2 fully saturated rings. The standard InChI is InChI=1S/C13H25N3O/c1-16(10-11-6-2-4-8-14-11)12-7-3-5-9-15-13(12)17/h11-12,14H,2-10H2,1H3,(H,15,17). The Morgan fingerprint density at radius 2 is 1.94 bits per heavy atom. The van der Waals surface area contributed by atoms with Crippen LogP contribution in [0.1, 0.15) is 38.5 Å². The molecule has 0 spiro atoms. The lowest BCUT2D eigenvalue weighted by molar-refractivity contribution is -0.125. The zero-order chi connectivity index (χ0) is 12.1. The first-order chi connectivity index (χ1) is 8.27. The molecule has 2 aliphatic heterocycles. The summed E-state index contributed by atoms with van der Waals surface area (Å²) in [5.41, 5.74) is 0. The van der Waals surface area contributed by atoms with E-state index in [0.717, 1.165) is 38.9 Å². The molecule has 17 heavy (non-hydrogen) atoms. The second kappa shape index (κ2) is 6.36.